The van der Waals surface area contributed by atoms with Crippen molar-refractivity contribution in [3.05, 3.63) is 0 Å². The van der Waals surface area contributed by atoms with Crippen molar-refractivity contribution in [3.63, 3.8) is 0 Å². The van der Waals surface area contributed by atoms with Gasteiger partial charge in [0.1, 0.15) is 5.60 Å². The average molecular weight is 299 g/mol. The Balaban J connectivity index is 2.30. The monoisotopic (exact) mass is 299 g/mol. The summed E-state index contributed by atoms with van der Waals surface area (Å²) in [6, 6.07) is 0.231. The molecule has 21 heavy (non-hydrogen) atoms. The first-order valence-corrected chi connectivity index (χ1v) is 8.02. The average Bonchev–Trinajstić information content (AvgIpc) is 2.82. The Labute approximate surface area is 129 Å². The van der Waals surface area contributed by atoms with Crippen LogP contribution in [0.4, 0.5) is 4.79 Å². The Kier molecular flexibility index (Phi) is 6.47. The van der Waals surface area contributed by atoms with Gasteiger partial charge in [-0.05, 0) is 54.6 Å². The summed E-state index contributed by atoms with van der Waals surface area (Å²) >= 11 is 0. The summed E-state index contributed by atoms with van der Waals surface area (Å²) in [5, 5.41) is 6.37. The molecular formula is C16H33N3O2. The standard InChI is InChI=1S/C16H33N3O2/c1-13(11-17-14(20)21-15(2,3)4)18-12-16(19(5)6)9-7-8-10-16/h13,18H,7-12H2,1-6H3,(H,17,20). The van der Waals surface area contributed by atoms with E-state index in [9.17, 15) is 4.79 Å². The van der Waals surface area contributed by atoms with E-state index < -0.39 is 5.60 Å². The summed E-state index contributed by atoms with van der Waals surface area (Å²) in [7, 11) is 4.33. The third-order valence-electron chi connectivity index (χ3n) is 4.21. The van der Waals surface area contributed by atoms with Crippen molar-refractivity contribution >= 4 is 6.09 Å². The highest BCUT2D eigenvalue weighted by Crippen LogP contribution is 2.33. The van der Waals surface area contributed by atoms with Crippen molar-refractivity contribution in [3.8, 4) is 0 Å². The maximum absolute atomic E-state index is 11.6. The molecule has 1 rings (SSSR count). The summed E-state index contributed by atoms with van der Waals surface area (Å²) in [6.45, 7) is 9.25. The number of ether oxygens (including phenoxy) is 1. The summed E-state index contributed by atoms with van der Waals surface area (Å²) < 4.78 is 5.24. The third kappa shape index (κ3) is 6.22. The predicted molar refractivity (Wildman–Crippen MR) is 86.6 cm³/mol. The lowest BCUT2D eigenvalue weighted by Gasteiger charge is -2.37. The van der Waals surface area contributed by atoms with E-state index in [4.69, 9.17) is 4.74 Å². The van der Waals surface area contributed by atoms with Crippen molar-refractivity contribution in [1.82, 2.24) is 15.5 Å². The van der Waals surface area contributed by atoms with Crippen molar-refractivity contribution in [2.45, 2.75) is 70.6 Å². The molecule has 0 aliphatic heterocycles. The topological polar surface area (TPSA) is 53.6 Å². The van der Waals surface area contributed by atoms with Gasteiger partial charge >= 0.3 is 6.09 Å². The second-order valence-corrected chi connectivity index (χ2v) is 7.49. The zero-order valence-electron chi connectivity index (χ0n) is 14.6. The van der Waals surface area contributed by atoms with E-state index >= 15 is 0 Å². The molecule has 0 radical (unpaired) electrons. The first kappa shape index (κ1) is 18.2. The van der Waals surface area contributed by atoms with Crippen LogP contribution in [0.25, 0.3) is 0 Å². The molecule has 5 nitrogen and oxygen atoms in total. The normalized spacial score (nSPS) is 19.6. The molecule has 0 spiro atoms. The highest BCUT2D eigenvalue weighted by molar-refractivity contribution is 5.67. The molecule has 0 heterocycles. The van der Waals surface area contributed by atoms with Crippen LogP contribution in [-0.4, -0.2) is 55.4 Å². The molecule has 1 amide bonds. The lowest BCUT2D eigenvalue weighted by Crippen LogP contribution is -2.53. The first-order valence-electron chi connectivity index (χ1n) is 8.02. The van der Waals surface area contributed by atoms with E-state index in [0.717, 1.165) is 6.54 Å². The van der Waals surface area contributed by atoms with Crippen LogP contribution in [0, 0.1) is 0 Å². The first-order chi connectivity index (χ1) is 9.65. The van der Waals surface area contributed by atoms with Gasteiger partial charge in [-0.25, -0.2) is 4.79 Å². The van der Waals surface area contributed by atoms with E-state index in [2.05, 4.69) is 36.6 Å². The van der Waals surface area contributed by atoms with E-state index in [1.807, 2.05) is 20.8 Å². The lowest BCUT2D eigenvalue weighted by molar-refractivity contribution is 0.0522. The molecule has 0 bridgehead atoms. The predicted octanol–water partition coefficient (Wildman–Crippen LogP) is 2.36. The zero-order chi connectivity index (χ0) is 16.1. The maximum Gasteiger partial charge on any atom is 0.407 e. The number of hydrogen-bond acceptors (Lipinski definition) is 4. The number of nitrogens with zero attached hydrogens (tertiary/aromatic N) is 1. The van der Waals surface area contributed by atoms with E-state index in [1.54, 1.807) is 0 Å². The fraction of sp³-hybridized carbons (Fsp3) is 0.938. The van der Waals surface area contributed by atoms with Crippen molar-refractivity contribution in [2.75, 3.05) is 27.2 Å². The van der Waals surface area contributed by atoms with Gasteiger partial charge in [-0.3, -0.25) is 0 Å². The van der Waals surface area contributed by atoms with E-state index in [-0.39, 0.29) is 17.7 Å². The maximum atomic E-state index is 11.6. The molecule has 1 saturated carbocycles. The van der Waals surface area contributed by atoms with Gasteiger partial charge in [0.2, 0.25) is 0 Å². The highest BCUT2D eigenvalue weighted by Gasteiger charge is 2.35. The van der Waals surface area contributed by atoms with Crippen LogP contribution in [0.1, 0.15) is 53.4 Å². The molecule has 1 fully saturated rings. The molecule has 1 atom stereocenters. The highest BCUT2D eigenvalue weighted by atomic mass is 16.6. The number of rotatable bonds is 6. The summed E-state index contributed by atoms with van der Waals surface area (Å²) in [5.41, 5.74) is -0.167. The Morgan fingerprint density at radius 2 is 1.86 bits per heavy atom. The minimum absolute atomic E-state index is 0.231. The molecular weight excluding hydrogens is 266 g/mol. The SMILES string of the molecule is CC(CNC(=O)OC(C)(C)C)NCC1(N(C)C)CCCC1. The van der Waals surface area contributed by atoms with Crippen LogP contribution < -0.4 is 10.6 Å². The quantitative estimate of drug-likeness (QED) is 0.790. The molecule has 0 aromatic rings. The number of hydrogen-bond donors (Lipinski definition) is 2. The molecule has 0 aromatic carbocycles. The summed E-state index contributed by atoms with van der Waals surface area (Å²) in [5.74, 6) is 0. The number of carbonyl (C=O) groups is 1. The molecule has 1 aliphatic rings. The van der Waals surface area contributed by atoms with Gasteiger partial charge < -0.3 is 20.3 Å². The second kappa shape index (κ2) is 7.45. The molecule has 0 aromatic heterocycles. The number of alkyl carbamates (subject to hydrolysis) is 1. The molecule has 124 valence electrons. The minimum Gasteiger partial charge on any atom is -0.444 e. The Hall–Kier alpha value is -0.810. The van der Waals surface area contributed by atoms with Gasteiger partial charge in [-0.1, -0.05) is 12.8 Å². The van der Waals surface area contributed by atoms with Crippen molar-refractivity contribution < 1.29 is 9.53 Å². The van der Waals surface area contributed by atoms with Crippen molar-refractivity contribution in [2.24, 2.45) is 0 Å². The van der Waals surface area contributed by atoms with Crippen LogP contribution >= 0.6 is 0 Å². The minimum atomic E-state index is -0.445. The molecule has 1 aliphatic carbocycles. The van der Waals surface area contributed by atoms with E-state index in [1.165, 1.54) is 25.7 Å². The molecule has 5 heteroatoms. The van der Waals surface area contributed by atoms with Crippen LogP contribution in [0.15, 0.2) is 0 Å². The Morgan fingerprint density at radius 3 is 2.33 bits per heavy atom. The molecule has 0 saturated heterocycles. The van der Waals surface area contributed by atoms with Gasteiger partial charge in [0.25, 0.3) is 0 Å². The molecule has 1 unspecified atom stereocenters. The summed E-state index contributed by atoms with van der Waals surface area (Å²) in [4.78, 5) is 14.0. The molecule has 2 N–H and O–H groups in total. The van der Waals surface area contributed by atoms with Gasteiger partial charge in [0.15, 0.2) is 0 Å². The number of likely N-dealkylation sites (N-methyl/N-ethyl adjacent to an activating group) is 1. The number of nitrogens with one attached hydrogen (secondary N) is 2. The summed E-state index contributed by atoms with van der Waals surface area (Å²) in [6.07, 6.45) is 4.77. The van der Waals surface area contributed by atoms with Crippen LogP contribution in [0.5, 0.6) is 0 Å². The zero-order valence-corrected chi connectivity index (χ0v) is 14.6. The van der Waals surface area contributed by atoms with E-state index in [0.29, 0.717) is 6.54 Å². The Morgan fingerprint density at radius 1 is 1.29 bits per heavy atom. The van der Waals surface area contributed by atoms with Crippen LogP contribution in [0.3, 0.4) is 0 Å². The largest absolute Gasteiger partial charge is 0.444 e. The van der Waals surface area contributed by atoms with Crippen LogP contribution in [-0.2, 0) is 4.74 Å². The number of carbonyl (C=O) groups excluding carboxylic acids is 1. The van der Waals surface area contributed by atoms with Gasteiger partial charge in [-0.2, -0.15) is 0 Å². The lowest BCUT2D eigenvalue weighted by atomic mass is 9.95. The van der Waals surface area contributed by atoms with Gasteiger partial charge in [-0.15, -0.1) is 0 Å². The third-order valence-corrected chi connectivity index (χ3v) is 4.21. The van der Waals surface area contributed by atoms with Gasteiger partial charge in [0, 0.05) is 24.7 Å². The van der Waals surface area contributed by atoms with Gasteiger partial charge in [0.05, 0.1) is 0 Å². The fourth-order valence-electron chi connectivity index (χ4n) is 2.80. The van der Waals surface area contributed by atoms with Crippen molar-refractivity contribution in [1.29, 1.82) is 0 Å². The Bertz CT molecular complexity index is 331. The number of amides is 1. The fourth-order valence-corrected chi connectivity index (χ4v) is 2.80. The second-order valence-electron chi connectivity index (χ2n) is 7.49. The smallest absolute Gasteiger partial charge is 0.407 e. The van der Waals surface area contributed by atoms with Crippen LogP contribution in [0.2, 0.25) is 0 Å².